The van der Waals surface area contributed by atoms with Crippen LogP contribution in [0.1, 0.15) is 76.8 Å². The second kappa shape index (κ2) is 17.8. The van der Waals surface area contributed by atoms with Crippen LogP contribution in [-0.2, 0) is 22.3 Å². The van der Waals surface area contributed by atoms with Gasteiger partial charge in [-0.15, -0.1) is 0 Å². The maximum Gasteiger partial charge on any atom is 0.416 e. The Morgan fingerprint density at radius 1 is 0.964 bits per heavy atom. The molecule has 2 atom stereocenters. The van der Waals surface area contributed by atoms with Crippen LogP contribution in [0.25, 0.3) is 0 Å². The molecule has 2 aromatic rings. The van der Waals surface area contributed by atoms with E-state index in [1.165, 1.54) is 44.3 Å². The summed E-state index contributed by atoms with van der Waals surface area (Å²) < 4.78 is 138. The molecule has 0 spiro atoms. The molecule has 1 aromatic carbocycles. The molecule has 306 valence electrons. The Morgan fingerprint density at radius 3 is 2.15 bits per heavy atom. The molecule has 1 N–H and O–H groups in total. The van der Waals surface area contributed by atoms with Gasteiger partial charge in [-0.2, -0.15) is 39.5 Å². The molecule has 2 aliphatic carbocycles. The highest BCUT2D eigenvalue weighted by Crippen LogP contribution is 2.48. The van der Waals surface area contributed by atoms with Crippen LogP contribution in [-0.4, -0.2) is 72.9 Å². The van der Waals surface area contributed by atoms with Crippen molar-refractivity contribution in [2.75, 3.05) is 43.2 Å². The van der Waals surface area contributed by atoms with Gasteiger partial charge in [0.2, 0.25) is 5.95 Å². The number of aromatic nitrogens is 2. The first-order valence-electron chi connectivity index (χ1n) is 18.1. The number of anilines is 2. The number of alkyl halides is 9. The minimum Gasteiger partial charge on any atom is -0.490 e. The first-order valence-corrected chi connectivity index (χ1v) is 18.1. The highest BCUT2D eigenvalue weighted by atomic mass is 19.4. The van der Waals surface area contributed by atoms with Gasteiger partial charge in [-0.25, -0.2) is 9.97 Å². The molecule has 1 aromatic heterocycles. The van der Waals surface area contributed by atoms with Crippen LogP contribution >= 0.6 is 0 Å². The Bertz CT molecular complexity index is 1650. The van der Waals surface area contributed by atoms with Crippen molar-refractivity contribution in [2.24, 2.45) is 17.3 Å². The molecule has 55 heavy (non-hydrogen) atoms. The zero-order valence-electron chi connectivity index (χ0n) is 31.1. The largest absolute Gasteiger partial charge is 0.490 e. The first-order chi connectivity index (χ1) is 25.6. The number of allylic oxidation sites excluding steroid dienone is 3. The van der Waals surface area contributed by atoms with E-state index >= 15 is 0 Å². The fraction of sp³-hybridized carbons (Fsp3) is 0.605. The fourth-order valence-corrected chi connectivity index (χ4v) is 7.33. The zero-order valence-corrected chi connectivity index (χ0v) is 31.1. The molecular formula is C38H47F9N4O4. The fourth-order valence-electron chi connectivity index (χ4n) is 7.33. The summed E-state index contributed by atoms with van der Waals surface area (Å²) in [6, 6.07) is 1.97. The number of rotatable bonds is 16. The Balaban J connectivity index is 1.79. The zero-order chi connectivity index (χ0) is 40.8. The molecule has 17 heteroatoms. The lowest BCUT2D eigenvalue weighted by Gasteiger charge is -2.44. The summed E-state index contributed by atoms with van der Waals surface area (Å²) in [6.45, 7) is 5.50. The maximum atomic E-state index is 14.2. The van der Waals surface area contributed by atoms with Gasteiger partial charge in [0.15, 0.2) is 5.75 Å². The predicted molar refractivity (Wildman–Crippen MR) is 188 cm³/mol. The van der Waals surface area contributed by atoms with Gasteiger partial charge in [-0.1, -0.05) is 13.0 Å². The molecule has 0 bridgehead atoms. The molecule has 0 saturated heterocycles. The van der Waals surface area contributed by atoms with E-state index in [2.05, 4.69) is 9.97 Å². The second-order valence-corrected chi connectivity index (χ2v) is 14.5. The van der Waals surface area contributed by atoms with Gasteiger partial charge in [0.25, 0.3) is 0 Å². The van der Waals surface area contributed by atoms with E-state index in [0.717, 1.165) is 18.2 Å². The van der Waals surface area contributed by atoms with E-state index in [-0.39, 0.29) is 48.2 Å². The normalized spacial score (nSPS) is 21.4. The number of methoxy groups -OCH3 is 1. The number of carbonyl (C=O) groups is 1. The number of hydrogen-bond donors (Lipinski definition) is 1. The molecule has 1 unspecified atom stereocenters. The minimum absolute atomic E-state index is 0.0309. The number of carboxylic acids is 1. The van der Waals surface area contributed by atoms with Gasteiger partial charge in [0.1, 0.15) is 0 Å². The quantitative estimate of drug-likeness (QED) is 0.133. The summed E-state index contributed by atoms with van der Waals surface area (Å²) in [7, 11) is 1.52. The van der Waals surface area contributed by atoms with Crippen molar-refractivity contribution in [3.05, 3.63) is 65.0 Å². The molecule has 1 saturated carbocycles. The number of aliphatic carboxylic acids is 1. The highest BCUT2D eigenvalue weighted by molar-refractivity contribution is 5.67. The number of halogens is 9. The van der Waals surface area contributed by atoms with Crippen molar-refractivity contribution in [3.63, 3.8) is 0 Å². The third-order valence-electron chi connectivity index (χ3n) is 10.5. The topological polar surface area (TPSA) is 88.0 Å². The number of hydrogen-bond acceptors (Lipinski definition) is 7. The average Bonchev–Trinajstić information content (AvgIpc) is 3.10. The van der Waals surface area contributed by atoms with E-state index in [0.29, 0.717) is 57.5 Å². The standard InChI is InChI=1S/C38H47F9N4O4/c1-5-50(22-26-9-7-25(8-10-26)15-33(52)53)32-12-11-28(36(39,40)41)16-27(32)23-51(34-48-20-31(21-49-34)55-14-6-13-54-4)24(2)35(3)18-29(37(42,43)44)17-30(19-35)38(45,46)47/h11-12,16-18,20-21,24-26H,5-10,13-15,19,22-23H2,1-4H3,(H,52,53)/t24-,25?,26?,35?/m0/s1. The summed E-state index contributed by atoms with van der Waals surface area (Å²) in [6.07, 6.45) is -9.07. The van der Waals surface area contributed by atoms with E-state index < -0.39 is 65.6 Å². The van der Waals surface area contributed by atoms with Crippen LogP contribution in [0.3, 0.4) is 0 Å². The van der Waals surface area contributed by atoms with Crippen molar-refractivity contribution in [2.45, 2.75) is 96.8 Å². The van der Waals surface area contributed by atoms with Crippen LogP contribution in [0.4, 0.5) is 51.1 Å². The van der Waals surface area contributed by atoms with E-state index in [9.17, 15) is 49.4 Å². The van der Waals surface area contributed by atoms with Crippen molar-refractivity contribution >= 4 is 17.6 Å². The number of ether oxygens (including phenoxy) is 2. The Hall–Kier alpha value is -4.02. The average molecular weight is 795 g/mol. The first kappa shape index (κ1) is 43.7. The van der Waals surface area contributed by atoms with Gasteiger partial charge in [0, 0.05) is 68.9 Å². The SMILES string of the molecule is CCN(CC1CCC(CC(=O)O)CC1)c1ccc(C(F)(F)F)cc1CN(c1ncc(OCCCOC)cn1)[C@@H](C)C1(C)C=C(C(F)(F)F)C=C(C(F)(F)F)C1. The highest BCUT2D eigenvalue weighted by Gasteiger charge is 2.48. The summed E-state index contributed by atoms with van der Waals surface area (Å²) in [5.41, 5.74) is -5.23. The smallest absolute Gasteiger partial charge is 0.416 e. The molecule has 0 radical (unpaired) electrons. The van der Waals surface area contributed by atoms with Gasteiger partial charge in [0.05, 0.1) is 30.1 Å². The summed E-state index contributed by atoms with van der Waals surface area (Å²) >= 11 is 0. The van der Waals surface area contributed by atoms with Crippen LogP contribution in [0.5, 0.6) is 5.75 Å². The Kier molecular flexibility index (Phi) is 14.2. The van der Waals surface area contributed by atoms with Crippen LogP contribution in [0, 0.1) is 17.3 Å². The lowest BCUT2D eigenvalue weighted by Crippen LogP contribution is -2.47. The lowest BCUT2D eigenvalue weighted by molar-refractivity contribution is -0.139. The van der Waals surface area contributed by atoms with E-state index in [1.807, 2.05) is 11.8 Å². The summed E-state index contributed by atoms with van der Waals surface area (Å²) in [4.78, 5) is 23.2. The minimum atomic E-state index is -5.12. The van der Waals surface area contributed by atoms with Gasteiger partial charge < -0.3 is 24.4 Å². The molecule has 4 rings (SSSR count). The number of carboxylic acid groups (broad SMARTS) is 1. The molecule has 1 fully saturated rings. The number of nitrogens with zero attached hydrogens (tertiary/aromatic N) is 4. The van der Waals surface area contributed by atoms with Crippen molar-refractivity contribution < 1.29 is 58.9 Å². The van der Waals surface area contributed by atoms with Crippen molar-refractivity contribution in [1.82, 2.24) is 9.97 Å². The van der Waals surface area contributed by atoms with Crippen LogP contribution in [0.2, 0.25) is 0 Å². The maximum absolute atomic E-state index is 14.2. The van der Waals surface area contributed by atoms with E-state index in [4.69, 9.17) is 9.47 Å². The van der Waals surface area contributed by atoms with Crippen molar-refractivity contribution in [3.8, 4) is 5.75 Å². The van der Waals surface area contributed by atoms with Crippen LogP contribution in [0.15, 0.2) is 53.9 Å². The predicted octanol–water partition coefficient (Wildman–Crippen LogP) is 9.80. The monoisotopic (exact) mass is 794 g/mol. The second-order valence-electron chi connectivity index (χ2n) is 14.5. The van der Waals surface area contributed by atoms with Gasteiger partial charge in [-0.3, -0.25) is 4.79 Å². The molecule has 0 amide bonds. The molecule has 2 aliphatic rings. The Morgan fingerprint density at radius 2 is 1.60 bits per heavy atom. The van der Waals surface area contributed by atoms with Gasteiger partial charge >= 0.3 is 24.5 Å². The summed E-state index contributed by atoms with van der Waals surface area (Å²) in [5, 5.41) is 9.21. The number of benzene rings is 1. The molecule has 8 nitrogen and oxygen atoms in total. The lowest BCUT2D eigenvalue weighted by atomic mass is 9.72. The summed E-state index contributed by atoms with van der Waals surface area (Å²) in [5.74, 6) is -0.671. The third kappa shape index (κ3) is 11.7. The molecule has 1 heterocycles. The van der Waals surface area contributed by atoms with Crippen molar-refractivity contribution in [1.29, 1.82) is 0 Å². The molecular weight excluding hydrogens is 747 g/mol. The third-order valence-corrected chi connectivity index (χ3v) is 10.5. The van der Waals surface area contributed by atoms with Crippen LogP contribution < -0.4 is 14.5 Å². The molecule has 0 aliphatic heterocycles. The Labute approximate surface area is 314 Å². The van der Waals surface area contributed by atoms with Gasteiger partial charge in [-0.05, 0) is 87.6 Å². The van der Waals surface area contributed by atoms with E-state index in [1.54, 1.807) is 0 Å².